The van der Waals surface area contributed by atoms with Crippen LogP contribution < -0.4 is 10.6 Å². The molecule has 4 rings (SSSR count). The normalized spacial score (nSPS) is 10.9. The molecule has 0 saturated carbocycles. The Morgan fingerprint density at radius 3 is 2.79 bits per heavy atom. The van der Waals surface area contributed by atoms with Crippen LogP contribution in [0.15, 0.2) is 48.8 Å². The van der Waals surface area contributed by atoms with Gasteiger partial charge in [-0.25, -0.2) is 19.2 Å². The number of nitrogens with zero attached hydrogens (tertiary/aromatic N) is 3. The Hall–Kier alpha value is -3.59. The lowest BCUT2D eigenvalue weighted by Gasteiger charge is -2.08. The topological polar surface area (TPSA) is 95.6 Å². The quantitative estimate of drug-likeness (QED) is 0.434. The van der Waals surface area contributed by atoms with Crippen molar-refractivity contribution in [3.8, 4) is 11.3 Å². The number of pyridine rings is 2. The zero-order valence-corrected chi connectivity index (χ0v) is 15.5. The Morgan fingerprint density at radius 2 is 2.00 bits per heavy atom. The first-order chi connectivity index (χ1) is 14.0. The molecule has 0 aliphatic carbocycles. The molecular formula is C19H13ClF2N6O. The van der Waals surface area contributed by atoms with Crippen LogP contribution in [0, 0.1) is 11.8 Å². The van der Waals surface area contributed by atoms with Crippen LogP contribution in [0.3, 0.4) is 0 Å². The maximum Gasteiger partial charge on any atom is 0.320 e. The van der Waals surface area contributed by atoms with E-state index in [4.69, 9.17) is 11.6 Å². The number of hydrogen-bond donors (Lipinski definition) is 3. The summed E-state index contributed by atoms with van der Waals surface area (Å²) in [4.78, 5) is 19.8. The Morgan fingerprint density at radius 1 is 1.14 bits per heavy atom. The van der Waals surface area contributed by atoms with Gasteiger partial charge in [-0.1, -0.05) is 17.7 Å². The minimum Gasteiger partial charge on any atom is -0.334 e. The summed E-state index contributed by atoms with van der Waals surface area (Å²) in [6.45, 7) is 0.163. The number of aromatic nitrogens is 4. The lowest BCUT2D eigenvalue weighted by atomic mass is 10.1. The van der Waals surface area contributed by atoms with Gasteiger partial charge in [-0.15, -0.1) is 0 Å². The smallest absolute Gasteiger partial charge is 0.320 e. The number of benzene rings is 1. The van der Waals surface area contributed by atoms with Crippen LogP contribution in [0.4, 0.5) is 19.4 Å². The Bertz CT molecular complexity index is 1210. The van der Waals surface area contributed by atoms with Crippen molar-refractivity contribution in [1.29, 1.82) is 0 Å². The number of rotatable bonds is 4. The molecule has 0 atom stereocenters. The molecule has 4 aromatic rings. The number of fused-ring (bicyclic) bond motifs is 1. The number of hydrogen-bond acceptors (Lipinski definition) is 4. The van der Waals surface area contributed by atoms with Crippen molar-refractivity contribution < 1.29 is 13.6 Å². The van der Waals surface area contributed by atoms with E-state index in [2.05, 4.69) is 30.8 Å². The van der Waals surface area contributed by atoms with Gasteiger partial charge in [0, 0.05) is 42.0 Å². The maximum atomic E-state index is 13.4. The van der Waals surface area contributed by atoms with Crippen LogP contribution in [0.5, 0.6) is 0 Å². The molecule has 29 heavy (non-hydrogen) atoms. The van der Waals surface area contributed by atoms with Crippen LogP contribution in [-0.2, 0) is 6.54 Å². The monoisotopic (exact) mass is 414 g/mol. The highest BCUT2D eigenvalue weighted by atomic mass is 35.5. The third kappa shape index (κ3) is 4.14. The second kappa shape index (κ2) is 7.80. The largest absolute Gasteiger partial charge is 0.334 e. The molecule has 0 bridgehead atoms. The average molecular weight is 415 g/mol. The van der Waals surface area contributed by atoms with Gasteiger partial charge in [0.15, 0.2) is 0 Å². The zero-order chi connectivity index (χ0) is 20.4. The highest BCUT2D eigenvalue weighted by molar-refractivity contribution is 6.30. The van der Waals surface area contributed by atoms with E-state index in [-0.39, 0.29) is 11.6 Å². The van der Waals surface area contributed by atoms with Gasteiger partial charge in [0.05, 0.1) is 10.5 Å². The molecule has 3 N–H and O–H groups in total. The molecule has 3 heterocycles. The maximum absolute atomic E-state index is 13.4. The minimum atomic E-state index is -0.607. The third-order valence-electron chi connectivity index (χ3n) is 4.13. The summed E-state index contributed by atoms with van der Waals surface area (Å²) in [6, 6.07) is 8.23. The summed E-state index contributed by atoms with van der Waals surface area (Å²) in [5.74, 6) is -0.835. The number of nitrogens with one attached hydrogen (secondary N) is 3. The second-order valence-corrected chi connectivity index (χ2v) is 6.52. The molecule has 0 unspecified atom stereocenters. The van der Waals surface area contributed by atoms with E-state index in [1.807, 2.05) is 0 Å². The first-order valence-corrected chi connectivity index (χ1v) is 8.82. The van der Waals surface area contributed by atoms with E-state index in [1.165, 1.54) is 36.7 Å². The molecule has 0 spiro atoms. The van der Waals surface area contributed by atoms with Crippen molar-refractivity contribution in [3.05, 3.63) is 71.1 Å². The van der Waals surface area contributed by atoms with E-state index in [0.717, 1.165) is 0 Å². The van der Waals surface area contributed by atoms with Crippen LogP contribution >= 0.6 is 11.6 Å². The zero-order valence-electron chi connectivity index (χ0n) is 14.7. The van der Waals surface area contributed by atoms with Crippen LogP contribution in [-0.4, -0.2) is 26.2 Å². The summed E-state index contributed by atoms with van der Waals surface area (Å²) in [7, 11) is 0. The summed E-state index contributed by atoms with van der Waals surface area (Å²) in [6.07, 6.45) is 2.88. The fraction of sp³-hybridized carbons (Fsp3) is 0.0526. The molecule has 0 aliphatic rings. The van der Waals surface area contributed by atoms with E-state index in [9.17, 15) is 13.6 Å². The fourth-order valence-electron chi connectivity index (χ4n) is 2.74. The van der Waals surface area contributed by atoms with Gasteiger partial charge in [-0.2, -0.15) is 9.49 Å². The third-order valence-corrected chi connectivity index (χ3v) is 4.42. The number of halogens is 3. The van der Waals surface area contributed by atoms with E-state index in [0.29, 0.717) is 33.5 Å². The molecule has 0 radical (unpaired) electrons. The van der Waals surface area contributed by atoms with Crippen molar-refractivity contribution in [2.45, 2.75) is 6.54 Å². The van der Waals surface area contributed by atoms with Crippen molar-refractivity contribution >= 4 is 34.4 Å². The average Bonchev–Trinajstić information content (AvgIpc) is 3.12. The van der Waals surface area contributed by atoms with Gasteiger partial charge in [0.2, 0.25) is 5.95 Å². The molecule has 146 valence electrons. The molecule has 3 aromatic heterocycles. The lowest BCUT2D eigenvalue weighted by Crippen LogP contribution is -2.28. The molecule has 10 heteroatoms. The van der Waals surface area contributed by atoms with Crippen LogP contribution in [0.25, 0.3) is 22.2 Å². The van der Waals surface area contributed by atoms with Crippen molar-refractivity contribution in [2.75, 3.05) is 5.32 Å². The first kappa shape index (κ1) is 18.8. The highest BCUT2D eigenvalue weighted by Gasteiger charge is 2.12. The predicted molar refractivity (Wildman–Crippen MR) is 104 cm³/mol. The molecule has 0 saturated heterocycles. The highest BCUT2D eigenvalue weighted by Crippen LogP contribution is 2.26. The summed E-state index contributed by atoms with van der Waals surface area (Å²) >= 11 is 5.72. The van der Waals surface area contributed by atoms with Gasteiger partial charge in [-0.05, 0) is 23.8 Å². The number of urea groups is 1. The van der Waals surface area contributed by atoms with Crippen LogP contribution in [0.2, 0.25) is 5.02 Å². The summed E-state index contributed by atoms with van der Waals surface area (Å²) in [5, 5.41) is 12.9. The Kier molecular flexibility index (Phi) is 5.05. The number of H-pyrrole nitrogens is 1. The Balaban J connectivity index is 1.45. The second-order valence-electron chi connectivity index (χ2n) is 6.11. The van der Waals surface area contributed by atoms with Gasteiger partial charge in [-0.3, -0.25) is 10.4 Å². The fourth-order valence-corrected chi connectivity index (χ4v) is 2.95. The van der Waals surface area contributed by atoms with E-state index < -0.39 is 17.8 Å². The number of carbonyl (C=O) groups excluding carboxylic acids is 1. The van der Waals surface area contributed by atoms with Crippen molar-refractivity contribution in [3.63, 3.8) is 0 Å². The van der Waals surface area contributed by atoms with Gasteiger partial charge >= 0.3 is 6.03 Å². The minimum absolute atomic E-state index is 0.0130. The van der Waals surface area contributed by atoms with E-state index in [1.54, 1.807) is 12.1 Å². The summed E-state index contributed by atoms with van der Waals surface area (Å²) in [5.41, 5.74) is 2.35. The molecule has 2 amide bonds. The molecule has 0 aliphatic heterocycles. The number of carbonyl (C=O) groups is 1. The summed E-state index contributed by atoms with van der Waals surface area (Å²) < 4.78 is 26.5. The molecule has 7 nitrogen and oxygen atoms in total. The molecular weight excluding hydrogens is 402 g/mol. The van der Waals surface area contributed by atoms with Crippen molar-refractivity contribution in [1.82, 2.24) is 25.5 Å². The van der Waals surface area contributed by atoms with E-state index >= 15 is 0 Å². The van der Waals surface area contributed by atoms with Gasteiger partial charge in [0.25, 0.3) is 0 Å². The molecule has 0 fully saturated rings. The van der Waals surface area contributed by atoms with Gasteiger partial charge < -0.3 is 5.32 Å². The SMILES string of the molecule is O=C(NCc1ccc(F)c(Cl)c1)Nc1cc2[nH]nc(-c3ccnc(F)c3)c2cn1. The predicted octanol–water partition coefficient (Wildman–Crippen LogP) is 4.27. The lowest BCUT2D eigenvalue weighted by molar-refractivity contribution is 0.251. The number of anilines is 1. The van der Waals surface area contributed by atoms with Crippen molar-refractivity contribution in [2.24, 2.45) is 0 Å². The number of aromatic amines is 1. The standard InChI is InChI=1S/C19H13ClF2N6O/c20-13-5-10(1-2-14(13)21)8-25-19(29)26-17-7-15-12(9-24-17)18(28-27-15)11-3-4-23-16(22)6-11/h1-7,9H,8H2,(H,27,28)(H2,24,25,26,29). The van der Waals surface area contributed by atoms with Gasteiger partial charge in [0.1, 0.15) is 17.3 Å². The Labute approximate surface area is 168 Å². The molecule has 1 aromatic carbocycles. The number of amides is 2. The van der Waals surface area contributed by atoms with Crippen LogP contribution in [0.1, 0.15) is 5.56 Å². The first-order valence-electron chi connectivity index (χ1n) is 8.44.